The lowest BCUT2D eigenvalue weighted by Crippen LogP contribution is -2.15. The van der Waals surface area contributed by atoms with Crippen molar-refractivity contribution in [3.8, 4) is 5.75 Å². The minimum absolute atomic E-state index is 0.0967. The van der Waals surface area contributed by atoms with E-state index in [4.69, 9.17) is 16.3 Å². The molecule has 4 nitrogen and oxygen atoms in total. The lowest BCUT2D eigenvalue weighted by Gasteiger charge is -2.16. The quantitative estimate of drug-likeness (QED) is 0.852. The number of aryl methyl sites for hydroxylation is 1. The van der Waals surface area contributed by atoms with Crippen molar-refractivity contribution in [3.63, 3.8) is 0 Å². The first-order chi connectivity index (χ1) is 11.0. The number of benzene rings is 2. The summed E-state index contributed by atoms with van der Waals surface area (Å²) in [6, 6.07) is 7.62. The van der Waals surface area contributed by atoms with Crippen molar-refractivity contribution < 1.29 is 26.3 Å². The standard InChI is InChI=1S/C15H13ClF3NO3S/c1-9-3-5-11(6-4-9)24(21,22)20-13-8-10(23-2)7-12(14(13)16)15(17,18)19/h3-8,20H,1-2H3. The van der Waals surface area contributed by atoms with Gasteiger partial charge in [-0.05, 0) is 25.1 Å². The smallest absolute Gasteiger partial charge is 0.418 e. The van der Waals surface area contributed by atoms with Crippen LogP contribution in [0.5, 0.6) is 5.75 Å². The maximum Gasteiger partial charge on any atom is 0.418 e. The van der Waals surface area contributed by atoms with Crippen LogP contribution in [-0.2, 0) is 16.2 Å². The maximum absolute atomic E-state index is 13.0. The second-order valence-electron chi connectivity index (χ2n) is 4.95. The molecule has 0 aliphatic rings. The van der Waals surface area contributed by atoms with Crippen LogP contribution in [0.1, 0.15) is 11.1 Å². The minimum atomic E-state index is -4.75. The Morgan fingerprint density at radius 3 is 2.21 bits per heavy atom. The molecule has 9 heteroatoms. The number of hydrogen-bond donors (Lipinski definition) is 1. The van der Waals surface area contributed by atoms with Crippen LogP contribution in [0.15, 0.2) is 41.3 Å². The molecule has 0 spiro atoms. The molecule has 0 fully saturated rings. The Balaban J connectivity index is 2.51. The molecular formula is C15H13ClF3NO3S. The van der Waals surface area contributed by atoms with E-state index < -0.39 is 32.5 Å². The lowest BCUT2D eigenvalue weighted by molar-refractivity contribution is -0.137. The van der Waals surface area contributed by atoms with Gasteiger partial charge in [0.25, 0.3) is 10.0 Å². The third-order valence-electron chi connectivity index (χ3n) is 3.16. The summed E-state index contributed by atoms with van der Waals surface area (Å²) in [4.78, 5) is -0.0967. The second-order valence-corrected chi connectivity index (χ2v) is 7.01. The Hall–Kier alpha value is -1.93. The first-order valence-corrected chi connectivity index (χ1v) is 8.45. The van der Waals surface area contributed by atoms with E-state index in [1.165, 1.54) is 19.2 Å². The Morgan fingerprint density at radius 2 is 1.71 bits per heavy atom. The number of methoxy groups -OCH3 is 1. The van der Waals surface area contributed by atoms with E-state index in [1.807, 2.05) is 0 Å². The van der Waals surface area contributed by atoms with Gasteiger partial charge >= 0.3 is 6.18 Å². The average Bonchev–Trinajstić information content (AvgIpc) is 2.48. The Kier molecular flexibility index (Phi) is 5.00. The van der Waals surface area contributed by atoms with Crippen molar-refractivity contribution in [2.45, 2.75) is 18.0 Å². The lowest BCUT2D eigenvalue weighted by atomic mass is 10.2. The third-order valence-corrected chi connectivity index (χ3v) is 4.95. The van der Waals surface area contributed by atoms with Crippen LogP contribution in [0.4, 0.5) is 18.9 Å². The number of anilines is 1. The molecule has 2 aromatic carbocycles. The molecule has 1 N–H and O–H groups in total. The highest BCUT2D eigenvalue weighted by Crippen LogP contribution is 2.41. The maximum atomic E-state index is 13.0. The molecule has 0 aromatic heterocycles. The van der Waals surface area contributed by atoms with Gasteiger partial charge < -0.3 is 4.74 Å². The second kappa shape index (κ2) is 6.52. The van der Waals surface area contributed by atoms with Gasteiger partial charge in [-0.25, -0.2) is 8.42 Å². The Morgan fingerprint density at radius 1 is 1.12 bits per heavy atom. The summed E-state index contributed by atoms with van der Waals surface area (Å²) in [5, 5.41) is -0.751. The SMILES string of the molecule is COc1cc(NS(=O)(=O)c2ccc(C)cc2)c(Cl)c(C(F)(F)F)c1. The molecule has 0 atom stereocenters. The minimum Gasteiger partial charge on any atom is -0.497 e. The summed E-state index contributed by atoms with van der Waals surface area (Å²) in [6.07, 6.45) is -4.75. The van der Waals surface area contributed by atoms with Crippen LogP contribution >= 0.6 is 11.6 Å². The number of alkyl halides is 3. The van der Waals surface area contributed by atoms with Gasteiger partial charge in [0.05, 0.1) is 28.3 Å². The number of ether oxygens (including phenoxy) is 1. The largest absolute Gasteiger partial charge is 0.497 e. The molecule has 0 aliphatic carbocycles. The topological polar surface area (TPSA) is 55.4 Å². The van der Waals surface area contributed by atoms with Crippen molar-refractivity contribution in [2.75, 3.05) is 11.8 Å². The summed E-state index contributed by atoms with van der Waals surface area (Å²) < 4.78 is 70.6. The highest BCUT2D eigenvalue weighted by Gasteiger charge is 2.35. The summed E-state index contributed by atoms with van der Waals surface area (Å²) in [5.74, 6) is -0.173. The van der Waals surface area contributed by atoms with Crippen molar-refractivity contribution in [3.05, 3.63) is 52.5 Å². The van der Waals surface area contributed by atoms with Crippen LogP contribution in [0.2, 0.25) is 5.02 Å². The van der Waals surface area contributed by atoms with Crippen molar-refractivity contribution in [1.29, 1.82) is 0 Å². The highest BCUT2D eigenvalue weighted by atomic mass is 35.5. The van der Waals surface area contributed by atoms with E-state index in [2.05, 4.69) is 4.72 Å². The van der Waals surface area contributed by atoms with Crippen molar-refractivity contribution in [2.24, 2.45) is 0 Å². The fraction of sp³-hybridized carbons (Fsp3) is 0.200. The fourth-order valence-corrected chi connectivity index (χ4v) is 3.30. The summed E-state index contributed by atoms with van der Waals surface area (Å²) in [6.45, 7) is 1.78. The zero-order valence-electron chi connectivity index (χ0n) is 12.6. The number of rotatable bonds is 4. The van der Waals surface area contributed by atoms with Crippen molar-refractivity contribution >= 4 is 27.3 Å². The number of hydrogen-bond acceptors (Lipinski definition) is 3. The molecule has 0 aliphatic heterocycles. The molecule has 0 amide bonds. The molecular weight excluding hydrogens is 367 g/mol. The Bertz CT molecular complexity index is 850. The van der Waals surface area contributed by atoms with Gasteiger partial charge in [-0.1, -0.05) is 29.3 Å². The Labute approximate surface area is 142 Å². The normalized spacial score (nSPS) is 12.1. The van der Waals surface area contributed by atoms with Gasteiger partial charge in [0.15, 0.2) is 0 Å². The monoisotopic (exact) mass is 379 g/mol. The van der Waals surface area contributed by atoms with Crippen molar-refractivity contribution in [1.82, 2.24) is 0 Å². The molecule has 2 aromatic rings. The van der Waals surface area contributed by atoms with Gasteiger partial charge in [0.1, 0.15) is 5.75 Å². The molecule has 2 rings (SSSR count). The van der Waals surface area contributed by atoms with E-state index in [9.17, 15) is 21.6 Å². The van der Waals surface area contributed by atoms with Gasteiger partial charge in [-0.3, -0.25) is 4.72 Å². The summed E-state index contributed by atoms with van der Waals surface area (Å²) >= 11 is 5.74. The molecule has 0 saturated carbocycles. The third kappa shape index (κ3) is 3.93. The van der Waals surface area contributed by atoms with Crippen LogP contribution < -0.4 is 9.46 Å². The van der Waals surface area contributed by atoms with E-state index in [0.717, 1.165) is 11.6 Å². The zero-order chi connectivity index (χ0) is 18.1. The first-order valence-electron chi connectivity index (χ1n) is 6.59. The van der Waals surface area contributed by atoms with Gasteiger partial charge in [-0.2, -0.15) is 13.2 Å². The molecule has 0 bridgehead atoms. The fourth-order valence-electron chi connectivity index (χ4n) is 1.92. The molecule has 0 unspecified atom stereocenters. The molecule has 0 radical (unpaired) electrons. The molecule has 130 valence electrons. The van der Waals surface area contributed by atoms with E-state index in [-0.39, 0.29) is 10.6 Å². The molecule has 0 saturated heterocycles. The van der Waals surface area contributed by atoms with E-state index in [1.54, 1.807) is 19.1 Å². The van der Waals surface area contributed by atoms with Gasteiger partial charge in [0.2, 0.25) is 0 Å². The predicted molar refractivity (Wildman–Crippen MR) is 85.0 cm³/mol. The molecule has 24 heavy (non-hydrogen) atoms. The molecule has 0 heterocycles. The number of sulfonamides is 1. The van der Waals surface area contributed by atoms with Crippen LogP contribution in [0.25, 0.3) is 0 Å². The van der Waals surface area contributed by atoms with Gasteiger partial charge in [-0.15, -0.1) is 0 Å². The summed E-state index contributed by atoms with van der Waals surface area (Å²) in [5.41, 5.74) is -0.762. The first kappa shape index (κ1) is 18.4. The zero-order valence-corrected chi connectivity index (χ0v) is 14.2. The van der Waals surface area contributed by atoms with E-state index in [0.29, 0.717) is 6.07 Å². The average molecular weight is 380 g/mol. The van der Waals surface area contributed by atoms with Crippen LogP contribution in [-0.4, -0.2) is 15.5 Å². The van der Waals surface area contributed by atoms with E-state index >= 15 is 0 Å². The number of halogens is 4. The van der Waals surface area contributed by atoms with Gasteiger partial charge in [0, 0.05) is 6.07 Å². The predicted octanol–water partition coefficient (Wildman–Crippen LogP) is 4.48. The summed E-state index contributed by atoms with van der Waals surface area (Å²) in [7, 11) is -2.93. The van der Waals surface area contributed by atoms with Crippen LogP contribution in [0, 0.1) is 6.92 Å². The number of nitrogens with one attached hydrogen (secondary N) is 1. The highest BCUT2D eigenvalue weighted by molar-refractivity contribution is 7.92. The van der Waals surface area contributed by atoms with Crippen LogP contribution in [0.3, 0.4) is 0 Å².